The lowest BCUT2D eigenvalue weighted by Gasteiger charge is -2.22. The van der Waals surface area contributed by atoms with Crippen molar-refractivity contribution in [3.05, 3.63) is 29.8 Å². The SMILES string of the molecule is O=C(OCC1CCCCC1)c1ccc(OCC2CCCCC2)cc1. The number of hydrogen-bond acceptors (Lipinski definition) is 3. The zero-order valence-corrected chi connectivity index (χ0v) is 14.7. The van der Waals surface area contributed by atoms with Crippen molar-refractivity contribution in [2.45, 2.75) is 64.2 Å². The molecule has 2 aliphatic carbocycles. The molecular formula is C21H30O3. The lowest BCUT2D eigenvalue weighted by Crippen LogP contribution is -2.17. The van der Waals surface area contributed by atoms with Gasteiger partial charge in [0.2, 0.25) is 0 Å². The number of ether oxygens (including phenoxy) is 2. The van der Waals surface area contributed by atoms with E-state index < -0.39 is 0 Å². The summed E-state index contributed by atoms with van der Waals surface area (Å²) >= 11 is 0. The summed E-state index contributed by atoms with van der Waals surface area (Å²) in [5, 5.41) is 0. The van der Waals surface area contributed by atoms with Crippen LogP contribution in [0.4, 0.5) is 0 Å². The lowest BCUT2D eigenvalue weighted by molar-refractivity contribution is 0.0410. The van der Waals surface area contributed by atoms with Gasteiger partial charge in [0.25, 0.3) is 0 Å². The highest BCUT2D eigenvalue weighted by atomic mass is 16.5. The second kappa shape index (κ2) is 9.10. The largest absolute Gasteiger partial charge is 0.493 e. The summed E-state index contributed by atoms with van der Waals surface area (Å²) in [5.41, 5.74) is 0.621. The first-order valence-corrected chi connectivity index (χ1v) is 9.71. The van der Waals surface area contributed by atoms with Gasteiger partial charge < -0.3 is 9.47 Å². The van der Waals surface area contributed by atoms with Crippen LogP contribution in [-0.2, 0) is 4.74 Å². The molecule has 132 valence electrons. The molecule has 0 spiro atoms. The third-order valence-electron chi connectivity index (χ3n) is 5.48. The second-order valence-corrected chi connectivity index (χ2v) is 7.44. The highest BCUT2D eigenvalue weighted by Gasteiger charge is 2.17. The van der Waals surface area contributed by atoms with Crippen molar-refractivity contribution in [2.24, 2.45) is 11.8 Å². The summed E-state index contributed by atoms with van der Waals surface area (Å²) in [5.74, 6) is 1.89. The Balaban J connectivity index is 1.42. The van der Waals surface area contributed by atoms with Crippen LogP contribution in [0.5, 0.6) is 5.75 Å². The molecule has 0 N–H and O–H groups in total. The number of hydrogen-bond donors (Lipinski definition) is 0. The molecule has 0 saturated heterocycles. The van der Waals surface area contributed by atoms with Crippen molar-refractivity contribution in [1.29, 1.82) is 0 Å². The van der Waals surface area contributed by atoms with E-state index in [0.717, 1.165) is 12.4 Å². The fourth-order valence-electron chi connectivity index (χ4n) is 3.89. The fourth-order valence-corrected chi connectivity index (χ4v) is 3.89. The van der Waals surface area contributed by atoms with E-state index >= 15 is 0 Å². The molecule has 0 aromatic heterocycles. The second-order valence-electron chi connectivity index (χ2n) is 7.44. The summed E-state index contributed by atoms with van der Waals surface area (Å²) in [4.78, 5) is 12.1. The van der Waals surface area contributed by atoms with Gasteiger partial charge in [0, 0.05) is 0 Å². The van der Waals surface area contributed by atoms with Gasteiger partial charge in [-0.1, -0.05) is 38.5 Å². The maximum Gasteiger partial charge on any atom is 0.338 e. The third kappa shape index (κ3) is 5.25. The molecule has 3 heteroatoms. The Kier molecular flexibility index (Phi) is 6.57. The third-order valence-corrected chi connectivity index (χ3v) is 5.48. The monoisotopic (exact) mass is 330 g/mol. The Morgan fingerprint density at radius 3 is 1.92 bits per heavy atom. The Morgan fingerprint density at radius 2 is 1.33 bits per heavy atom. The highest BCUT2D eigenvalue weighted by molar-refractivity contribution is 5.89. The van der Waals surface area contributed by atoms with Gasteiger partial charge in [0.1, 0.15) is 5.75 Å². The van der Waals surface area contributed by atoms with Gasteiger partial charge in [0.15, 0.2) is 0 Å². The molecule has 0 bridgehead atoms. The van der Waals surface area contributed by atoms with Crippen molar-refractivity contribution in [3.63, 3.8) is 0 Å². The van der Waals surface area contributed by atoms with E-state index in [2.05, 4.69) is 0 Å². The van der Waals surface area contributed by atoms with Gasteiger partial charge in [-0.2, -0.15) is 0 Å². The Bertz CT molecular complexity index is 496. The molecule has 2 aliphatic rings. The summed E-state index contributed by atoms with van der Waals surface area (Å²) in [7, 11) is 0. The molecule has 3 nitrogen and oxygen atoms in total. The van der Waals surface area contributed by atoms with E-state index in [1.807, 2.05) is 24.3 Å². The lowest BCUT2D eigenvalue weighted by atomic mass is 9.90. The van der Waals surface area contributed by atoms with Gasteiger partial charge in [-0.25, -0.2) is 4.79 Å². The maximum atomic E-state index is 12.1. The Hall–Kier alpha value is -1.51. The number of esters is 1. The molecule has 2 saturated carbocycles. The van der Waals surface area contributed by atoms with E-state index in [-0.39, 0.29) is 5.97 Å². The first-order valence-electron chi connectivity index (χ1n) is 9.71. The average molecular weight is 330 g/mol. The van der Waals surface area contributed by atoms with Crippen molar-refractivity contribution >= 4 is 5.97 Å². The minimum absolute atomic E-state index is 0.209. The van der Waals surface area contributed by atoms with E-state index in [0.29, 0.717) is 24.0 Å². The van der Waals surface area contributed by atoms with E-state index in [1.54, 1.807) is 0 Å². The summed E-state index contributed by atoms with van der Waals surface area (Å²) in [6.07, 6.45) is 12.9. The van der Waals surface area contributed by atoms with Gasteiger partial charge in [-0.05, 0) is 61.8 Å². The van der Waals surface area contributed by atoms with E-state index in [4.69, 9.17) is 9.47 Å². The highest BCUT2D eigenvalue weighted by Crippen LogP contribution is 2.25. The fraction of sp³-hybridized carbons (Fsp3) is 0.667. The molecule has 0 unspecified atom stereocenters. The average Bonchev–Trinajstić information content (AvgIpc) is 2.66. The number of rotatable bonds is 6. The summed E-state index contributed by atoms with van der Waals surface area (Å²) < 4.78 is 11.4. The van der Waals surface area contributed by atoms with E-state index in [1.165, 1.54) is 64.2 Å². The van der Waals surface area contributed by atoms with Gasteiger partial charge in [-0.3, -0.25) is 0 Å². The Labute approximate surface area is 145 Å². The standard InChI is InChI=1S/C21H30O3/c22-21(24-16-18-9-5-2-6-10-18)19-11-13-20(14-12-19)23-15-17-7-3-1-4-8-17/h11-14,17-18H,1-10,15-16H2. The van der Waals surface area contributed by atoms with Crippen LogP contribution in [0, 0.1) is 11.8 Å². The molecule has 0 radical (unpaired) electrons. The molecular weight excluding hydrogens is 300 g/mol. The van der Waals surface area contributed by atoms with Crippen LogP contribution < -0.4 is 4.74 Å². The van der Waals surface area contributed by atoms with Crippen LogP contribution in [0.2, 0.25) is 0 Å². The van der Waals surface area contributed by atoms with Crippen molar-refractivity contribution in [3.8, 4) is 5.75 Å². The zero-order valence-electron chi connectivity index (χ0n) is 14.7. The first kappa shape index (κ1) is 17.3. The molecule has 0 amide bonds. The molecule has 0 aliphatic heterocycles. The zero-order chi connectivity index (χ0) is 16.6. The topological polar surface area (TPSA) is 35.5 Å². The van der Waals surface area contributed by atoms with Gasteiger partial charge in [0.05, 0.1) is 18.8 Å². The number of carbonyl (C=O) groups excluding carboxylic acids is 1. The van der Waals surface area contributed by atoms with Gasteiger partial charge in [-0.15, -0.1) is 0 Å². The molecule has 1 aromatic carbocycles. The summed E-state index contributed by atoms with van der Waals surface area (Å²) in [6.45, 7) is 1.37. The quantitative estimate of drug-likeness (QED) is 0.657. The summed E-state index contributed by atoms with van der Waals surface area (Å²) in [6, 6.07) is 7.42. The van der Waals surface area contributed by atoms with Crippen molar-refractivity contribution in [2.75, 3.05) is 13.2 Å². The molecule has 0 atom stereocenters. The van der Waals surface area contributed by atoms with Crippen LogP contribution in [0.3, 0.4) is 0 Å². The smallest absolute Gasteiger partial charge is 0.338 e. The molecule has 24 heavy (non-hydrogen) atoms. The van der Waals surface area contributed by atoms with Crippen LogP contribution in [0.1, 0.15) is 74.6 Å². The minimum Gasteiger partial charge on any atom is -0.493 e. The number of benzene rings is 1. The molecule has 1 aromatic rings. The van der Waals surface area contributed by atoms with E-state index in [9.17, 15) is 4.79 Å². The molecule has 3 rings (SSSR count). The van der Waals surface area contributed by atoms with Crippen LogP contribution in [0.25, 0.3) is 0 Å². The van der Waals surface area contributed by atoms with Crippen molar-refractivity contribution in [1.82, 2.24) is 0 Å². The number of carbonyl (C=O) groups is 1. The first-order chi connectivity index (χ1) is 11.8. The molecule has 0 heterocycles. The van der Waals surface area contributed by atoms with Crippen LogP contribution in [-0.4, -0.2) is 19.2 Å². The van der Waals surface area contributed by atoms with Crippen LogP contribution >= 0.6 is 0 Å². The Morgan fingerprint density at radius 1 is 0.792 bits per heavy atom. The predicted molar refractivity (Wildman–Crippen MR) is 95.4 cm³/mol. The predicted octanol–water partition coefficient (Wildman–Crippen LogP) is 5.38. The normalized spacial score (nSPS) is 19.8. The minimum atomic E-state index is -0.209. The van der Waals surface area contributed by atoms with Gasteiger partial charge >= 0.3 is 5.97 Å². The maximum absolute atomic E-state index is 12.1. The molecule has 2 fully saturated rings. The van der Waals surface area contributed by atoms with Crippen LogP contribution in [0.15, 0.2) is 24.3 Å². The van der Waals surface area contributed by atoms with Crippen molar-refractivity contribution < 1.29 is 14.3 Å².